The lowest BCUT2D eigenvalue weighted by atomic mass is 9.76. The number of benzene rings is 2. The van der Waals surface area contributed by atoms with Crippen LogP contribution in [0.2, 0.25) is 0 Å². The fourth-order valence-corrected chi connectivity index (χ4v) is 6.67. The van der Waals surface area contributed by atoms with E-state index in [1.165, 1.54) is 31.4 Å². The molecule has 7 nitrogen and oxygen atoms in total. The summed E-state index contributed by atoms with van der Waals surface area (Å²) in [6, 6.07) is 13.1. The summed E-state index contributed by atoms with van der Waals surface area (Å²) >= 11 is 0. The van der Waals surface area contributed by atoms with Gasteiger partial charge in [-0.25, -0.2) is 13.1 Å². The normalized spacial score (nSPS) is 23.2. The standard InChI is InChI=1S/C25H33N3O4S/c1-19-9-15-22(16-10-19)33(31,32)26-25(20-11-13-21(14-12-20)28(29)30)23-7-3-4-8-24(23)27-17-5-2-6-18-27/h9-16,23-26H,2-8,17-18H2,1H3/t23-,24-,25+/m0/s1. The number of piperidine rings is 1. The number of aryl methyl sites for hydroxylation is 1. The molecular weight excluding hydrogens is 438 g/mol. The molecule has 33 heavy (non-hydrogen) atoms. The predicted octanol–water partition coefficient (Wildman–Crippen LogP) is 4.97. The van der Waals surface area contributed by atoms with E-state index in [0.29, 0.717) is 6.04 Å². The van der Waals surface area contributed by atoms with Crippen molar-refractivity contribution in [3.8, 4) is 0 Å². The molecule has 2 aromatic carbocycles. The first-order valence-corrected chi connectivity index (χ1v) is 13.4. The minimum Gasteiger partial charge on any atom is -0.300 e. The van der Waals surface area contributed by atoms with Gasteiger partial charge in [-0.15, -0.1) is 0 Å². The van der Waals surface area contributed by atoms with E-state index in [0.717, 1.165) is 49.9 Å². The van der Waals surface area contributed by atoms with Crippen molar-refractivity contribution in [1.29, 1.82) is 0 Å². The number of nitrogens with one attached hydrogen (secondary N) is 1. The summed E-state index contributed by atoms with van der Waals surface area (Å²) in [6.07, 6.45) is 7.81. The van der Waals surface area contributed by atoms with Crippen molar-refractivity contribution < 1.29 is 13.3 Å². The Labute approximate surface area is 196 Å². The minimum atomic E-state index is -3.76. The molecule has 178 valence electrons. The quantitative estimate of drug-likeness (QED) is 0.455. The van der Waals surface area contributed by atoms with Crippen LogP contribution in [0.1, 0.15) is 62.1 Å². The van der Waals surface area contributed by atoms with Crippen LogP contribution in [0.5, 0.6) is 0 Å². The summed E-state index contributed by atoms with van der Waals surface area (Å²) in [5.41, 5.74) is 1.79. The zero-order chi connectivity index (χ0) is 23.4. The SMILES string of the molecule is Cc1ccc(S(=O)(=O)N[C@H](c2ccc([N+](=O)[O-])cc2)[C@H]2CCCC[C@@H]2N2CCCCC2)cc1. The van der Waals surface area contributed by atoms with Gasteiger partial charge in [0.05, 0.1) is 15.9 Å². The molecular formula is C25H33N3O4S. The molecule has 1 heterocycles. The molecule has 2 fully saturated rings. The van der Waals surface area contributed by atoms with E-state index in [-0.39, 0.29) is 16.5 Å². The van der Waals surface area contributed by atoms with E-state index in [4.69, 9.17) is 0 Å². The smallest absolute Gasteiger partial charge is 0.269 e. The van der Waals surface area contributed by atoms with Gasteiger partial charge in [-0.1, -0.05) is 49.1 Å². The molecule has 0 spiro atoms. The molecule has 0 radical (unpaired) electrons. The maximum Gasteiger partial charge on any atom is 0.269 e. The second-order valence-corrected chi connectivity index (χ2v) is 11.1. The molecule has 4 rings (SSSR count). The van der Waals surface area contributed by atoms with Crippen LogP contribution >= 0.6 is 0 Å². The first-order chi connectivity index (χ1) is 15.8. The maximum atomic E-state index is 13.4. The number of hydrogen-bond acceptors (Lipinski definition) is 5. The number of sulfonamides is 1. The summed E-state index contributed by atoms with van der Waals surface area (Å²) < 4.78 is 29.8. The summed E-state index contributed by atoms with van der Waals surface area (Å²) in [6.45, 7) is 4.03. The Bertz CT molecular complexity index is 1050. The average molecular weight is 472 g/mol. The molecule has 1 saturated carbocycles. The Morgan fingerprint density at radius 3 is 2.21 bits per heavy atom. The third kappa shape index (κ3) is 5.62. The van der Waals surface area contributed by atoms with Gasteiger partial charge in [0.1, 0.15) is 0 Å². The van der Waals surface area contributed by atoms with Gasteiger partial charge >= 0.3 is 0 Å². The summed E-state index contributed by atoms with van der Waals surface area (Å²) in [5.74, 6) is 0.110. The number of nitro groups is 1. The molecule has 0 amide bonds. The van der Waals surface area contributed by atoms with Gasteiger partial charge in [0.2, 0.25) is 10.0 Å². The molecule has 1 N–H and O–H groups in total. The molecule has 1 aliphatic carbocycles. The molecule has 2 aliphatic rings. The Balaban J connectivity index is 1.69. The number of likely N-dealkylation sites (tertiary alicyclic amines) is 1. The molecule has 8 heteroatoms. The van der Waals surface area contributed by atoms with E-state index in [1.54, 1.807) is 36.4 Å². The Morgan fingerprint density at radius 2 is 1.58 bits per heavy atom. The Morgan fingerprint density at radius 1 is 0.939 bits per heavy atom. The molecule has 3 atom stereocenters. The fourth-order valence-electron chi connectivity index (χ4n) is 5.39. The highest BCUT2D eigenvalue weighted by Crippen LogP contribution is 2.39. The van der Waals surface area contributed by atoms with Crippen LogP contribution in [-0.2, 0) is 10.0 Å². The van der Waals surface area contributed by atoms with Gasteiger partial charge < -0.3 is 4.90 Å². The summed E-state index contributed by atoms with van der Waals surface area (Å²) in [4.78, 5) is 13.5. The third-order valence-corrected chi connectivity index (χ3v) is 8.60. The number of non-ortho nitro benzene ring substituents is 1. The van der Waals surface area contributed by atoms with Crippen LogP contribution in [0, 0.1) is 23.0 Å². The fraction of sp³-hybridized carbons (Fsp3) is 0.520. The second kappa shape index (κ2) is 10.3. The van der Waals surface area contributed by atoms with Crippen LogP contribution in [0.15, 0.2) is 53.4 Å². The van der Waals surface area contributed by atoms with Crippen molar-refractivity contribution in [2.75, 3.05) is 13.1 Å². The van der Waals surface area contributed by atoms with E-state index in [2.05, 4.69) is 9.62 Å². The van der Waals surface area contributed by atoms with Gasteiger partial charge in [-0.05, 0) is 69.3 Å². The van der Waals surface area contributed by atoms with Gasteiger partial charge in [0, 0.05) is 18.2 Å². The highest BCUT2D eigenvalue weighted by Gasteiger charge is 2.38. The third-order valence-electron chi connectivity index (χ3n) is 7.15. The summed E-state index contributed by atoms with van der Waals surface area (Å²) in [5, 5.41) is 11.2. The lowest BCUT2D eigenvalue weighted by Crippen LogP contribution is -2.49. The summed E-state index contributed by atoms with van der Waals surface area (Å²) in [7, 11) is -3.76. The lowest BCUT2D eigenvalue weighted by molar-refractivity contribution is -0.384. The molecule has 0 unspecified atom stereocenters. The molecule has 2 aromatic rings. The maximum absolute atomic E-state index is 13.4. The van der Waals surface area contributed by atoms with Crippen LogP contribution in [0.3, 0.4) is 0 Å². The van der Waals surface area contributed by atoms with Gasteiger partial charge in [0.15, 0.2) is 0 Å². The van der Waals surface area contributed by atoms with Crippen molar-refractivity contribution in [3.05, 3.63) is 69.8 Å². The minimum absolute atomic E-state index is 0.00937. The van der Waals surface area contributed by atoms with Gasteiger partial charge in [0.25, 0.3) is 5.69 Å². The van der Waals surface area contributed by atoms with Crippen LogP contribution < -0.4 is 4.72 Å². The van der Waals surface area contributed by atoms with E-state index >= 15 is 0 Å². The largest absolute Gasteiger partial charge is 0.300 e. The molecule has 1 saturated heterocycles. The zero-order valence-corrected chi connectivity index (χ0v) is 20.0. The van der Waals surface area contributed by atoms with E-state index < -0.39 is 21.0 Å². The lowest BCUT2D eigenvalue weighted by Gasteiger charge is -2.45. The topological polar surface area (TPSA) is 92.5 Å². The predicted molar refractivity (Wildman–Crippen MR) is 129 cm³/mol. The number of hydrogen-bond donors (Lipinski definition) is 1. The average Bonchev–Trinajstić information content (AvgIpc) is 2.83. The first kappa shape index (κ1) is 23.9. The van der Waals surface area contributed by atoms with E-state index in [1.807, 2.05) is 6.92 Å². The number of rotatable bonds is 7. The monoisotopic (exact) mass is 471 g/mol. The Hall–Kier alpha value is -2.29. The van der Waals surface area contributed by atoms with Crippen molar-refractivity contribution in [3.63, 3.8) is 0 Å². The van der Waals surface area contributed by atoms with E-state index in [9.17, 15) is 18.5 Å². The highest BCUT2D eigenvalue weighted by atomic mass is 32.2. The van der Waals surface area contributed by atoms with Crippen molar-refractivity contribution in [1.82, 2.24) is 9.62 Å². The second-order valence-electron chi connectivity index (χ2n) is 9.37. The molecule has 0 bridgehead atoms. The van der Waals surface area contributed by atoms with Crippen molar-refractivity contribution in [2.45, 2.75) is 68.8 Å². The zero-order valence-electron chi connectivity index (χ0n) is 19.2. The van der Waals surface area contributed by atoms with Crippen LogP contribution in [0.25, 0.3) is 0 Å². The molecule has 0 aromatic heterocycles. The van der Waals surface area contributed by atoms with Crippen molar-refractivity contribution >= 4 is 15.7 Å². The number of nitro benzene ring substituents is 1. The first-order valence-electron chi connectivity index (χ1n) is 11.9. The van der Waals surface area contributed by atoms with Gasteiger partial charge in [-0.2, -0.15) is 0 Å². The number of nitrogens with zero attached hydrogens (tertiary/aromatic N) is 2. The molecule has 1 aliphatic heterocycles. The van der Waals surface area contributed by atoms with Crippen LogP contribution in [-0.4, -0.2) is 37.4 Å². The van der Waals surface area contributed by atoms with Crippen LogP contribution in [0.4, 0.5) is 5.69 Å². The Kier molecular flexibility index (Phi) is 7.46. The van der Waals surface area contributed by atoms with Gasteiger partial charge in [-0.3, -0.25) is 10.1 Å². The highest BCUT2D eigenvalue weighted by molar-refractivity contribution is 7.89. The van der Waals surface area contributed by atoms with Crippen molar-refractivity contribution in [2.24, 2.45) is 5.92 Å².